The first-order valence-corrected chi connectivity index (χ1v) is 21.4. The molecule has 2 aromatic carbocycles. The Morgan fingerprint density at radius 1 is 1.02 bits per heavy atom. The number of rotatable bonds is 9. The number of alkyl halides is 2. The standard InChI is InChI=1S/C46H56F2N4O9/c1-6-43-13-9-17-52-19-15-44(37(43)52)31-20-32(35(58-4)21-34(31)50(3)38(44)46(57,41(55)59-5)39(43)61-27(2)53)45(40(54)60-26-48)23-28-22-42(56,14-16-47)25-51(24-28)18-12-30-29-10-7-8-11-33(29)49-36(30)45/h7-11,13,20-21,28,37-39,49,56-57H,6,12,14-19,22-26H2,1-5H3/t28-,37-,38+,39+,42-,43+,44+,45-,46-/m0/s1. The summed E-state index contributed by atoms with van der Waals surface area (Å²) in [6, 6.07) is 10.1. The van der Waals surface area contributed by atoms with Gasteiger partial charge in [0.05, 0.1) is 32.5 Å². The Bertz CT molecular complexity index is 2300. The zero-order chi connectivity index (χ0) is 43.3. The van der Waals surface area contributed by atoms with Crippen LogP contribution in [-0.2, 0) is 45.8 Å². The molecular weight excluding hydrogens is 791 g/mol. The van der Waals surface area contributed by atoms with Crippen molar-refractivity contribution in [3.05, 3.63) is 70.9 Å². The molecule has 3 fully saturated rings. The first kappa shape index (κ1) is 41.8. The van der Waals surface area contributed by atoms with Gasteiger partial charge in [0.25, 0.3) is 0 Å². The number of aromatic amines is 1. The summed E-state index contributed by atoms with van der Waals surface area (Å²) in [5.41, 5.74) is -3.70. The number of nitrogens with zero attached hydrogens (tertiary/aromatic N) is 3. The fraction of sp³-hybridized carbons (Fsp3) is 0.587. The zero-order valence-electron chi connectivity index (χ0n) is 35.5. The lowest BCUT2D eigenvalue weighted by Gasteiger charge is -2.63. The van der Waals surface area contributed by atoms with Crippen LogP contribution in [0.2, 0.25) is 0 Å². The molecule has 3 aromatic rings. The van der Waals surface area contributed by atoms with Crippen LogP contribution in [0, 0.1) is 11.3 Å². The van der Waals surface area contributed by atoms with Crippen molar-refractivity contribution in [2.75, 3.05) is 72.4 Å². The first-order valence-electron chi connectivity index (χ1n) is 21.4. The van der Waals surface area contributed by atoms with Crippen LogP contribution in [0.1, 0.15) is 68.3 Å². The van der Waals surface area contributed by atoms with E-state index >= 15 is 4.79 Å². The van der Waals surface area contributed by atoms with E-state index in [4.69, 9.17) is 18.9 Å². The van der Waals surface area contributed by atoms with Gasteiger partial charge < -0.3 is 39.0 Å². The number of aliphatic hydroxyl groups is 2. The molecular formula is C46H56F2N4O9. The number of aromatic nitrogens is 1. The molecule has 5 aliphatic heterocycles. The average Bonchev–Trinajstić information content (AvgIpc) is 3.90. The lowest BCUT2D eigenvalue weighted by Crippen LogP contribution is -2.81. The fourth-order valence-electron chi connectivity index (χ4n) is 13.6. The molecule has 9 rings (SSSR count). The van der Waals surface area contributed by atoms with Crippen molar-refractivity contribution < 1.29 is 52.3 Å². The molecule has 15 heteroatoms. The Balaban J connectivity index is 1.36. The summed E-state index contributed by atoms with van der Waals surface area (Å²) in [5.74, 6) is -2.55. The number of hydrogen-bond donors (Lipinski definition) is 3. The number of nitrogens with one attached hydrogen (secondary N) is 1. The highest BCUT2D eigenvalue weighted by Crippen LogP contribution is 2.68. The van der Waals surface area contributed by atoms with Gasteiger partial charge in [0.1, 0.15) is 11.2 Å². The summed E-state index contributed by atoms with van der Waals surface area (Å²) >= 11 is 0. The van der Waals surface area contributed by atoms with Crippen molar-refractivity contribution in [3.63, 3.8) is 0 Å². The quantitative estimate of drug-likeness (QED) is 0.161. The Morgan fingerprint density at radius 2 is 1.80 bits per heavy atom. The number of likely N-dealkylation sites (N-methyl/N-ethyl adjacent to an activating group) is 1. The van der Waals surface area contributed by atoms with Crippen molar-refractivity contribution >= 4 is 34.5 Å². The van der Waals surface area contributed by atoms with Crippen LogP contribution >= 0.6 is 0 Å². The molecule has 10 atom stereocenters. The number of methoxy groups -OCH3 is 2. The van der Waals surface area contributed by atoms with Gasteiger partial charge in [-0.05, 0) is 67.8 Å². The van der Waals surface area contributed by atoms with Crippen LogP contribution in [0.25, 0.3) is 10.9 Å². The molecule has 1 saturated carbocycles. The molecule has 2 saturated heterocycles. The lowest BCUT2D eigenvalue weighted by atomic mass is 9.47. The minimum Gasteiger partial charge on any atom is -0.496 e. The normalized spacial score (nSPS) is 36.1. The number of carbonyl (C=O) groups is 3. The third-order valence-corrected chi connectivity index (χ3v) is 15.5. The van der Waals surface area contributed by atoms with E-state index in [0.717, 1.165) is 22.0 Å². The monoisotopic (exact) mass is 846 g/mol. The Morgan fingerprint density at radius 3 is 2.51 bits per heavy atom. The Kier molecular flexibility index (Phi) is 10.1. The van der Waals surface area contributed by atoms with E-state index in [1.165, 1.54) is 21.1 Å². The van der Waals surface area contributed by atoms with Crippen molar-refractivity contribution in [2.24, 2.45) is 11.3 Å². The lowest BCUT2D eigenvalue weighted by molar-refractivity contribution is -0.228. The van der Waals surface area contributed by atoms with E-state index in [1.54, 1.807) is 7.05 Å². The summed E-state index contributed by atoms with van der Waals surface area (Å²) in [5, 5.41) is 26.1. The van der Waals surface area contributed by atoms with Gasteiger partial charge in [-0.3, -0.25) is 23.8 Å². The van der Waals surface area contributed by atoms with Crippen molar-refractivity contribution in [2.45, 2.75) is 92.6 Å². The van der Waals surface area contributed by atoms with Gasteiger partial charge >= 0.3 is 17.9 Å². The third kappa shape index (κ3) is 5.64. The highest BCUT2D eigenvalue weighted by molar-refractivity contribution is 5.95. The van der Waals surface area contributed by atoms with Gasteiger partial charge in [-0.1, -0.05) is 37.3 Å². The van der Waals surface area contributed by atoms with Crippen molar-refractivity contribution in [3.8, 4) is 5.75 Å². The molecule has 61 heavy (non-hydrogen) atoms. The molecule has 1 unspecified atom stereocenters. The molecule has 328 valence electrons. The molecule has 1 spiro atoms. The predicted molar refractivity (Wildman–Crippen MR) is 221 cm³/mol. The summed E-state index contributed by atoms with van der Waals surface area (Å²) < 4.78 is 52.1. The maximum absolute atomic E-state index is 15.3. The van der Waals surface area contributed by atoms with E-state index in [0.29, 0.717) is 62.4 Å². The van der Waals surface area contributed by atoms with E-state index in [-0.39, 0.29) is 37.5 Å². The van der Waals surface area contributed by atoms with Crippen LogP contribution in [0.3, 0.4) is 0 Å². The third-order valence-electron chi connectivity index (χ3n) is 15.5. The van der Waals surface area contributed by atoms with Gasteiger partial charge in [0, 0.05) is 97.4 Å². The number of benzene rings is 2. The molecule has 0 amide bonds. The minimum absolute atomic E-state index is 0.0516. The zero-order valence-corrected chi connectivity index (χ0v) is 35.5. The highest BCUT2D eigenvalue weighted by Gasteiger charge is 2.80. The number of hydrogen-bond acceptors (Lipinski definition) is 12. The summed E-state index contributed by atoms with van der Waals surface area (Å²) in [6.07, 6.45) is 4.16. The molecule has 6 aliphatic rings. The van der Waals surface area contributed by atoms with Gasteiger partial charge in [-0.2, -0.15) is 0 Å². The van der Waals surface area contributed by atoms with Crippen molar-refractivity contribution in [1.82, 2.24) is 14.8 Å². The number of esters is 3. The van der Waals surface area contributed by atoms with E-state index in [9.17, 15) is 28.6 Å². The highest BCUT2D eigenvalue weighted by atomic mass is 19.1. The van der Waals surface area contributed by atoms with Gasteiger partial charge in [-0.15, -0.1) is 0 Å². The maximum Gasteiger partial charge on any atom is 0.344 e. The molecule has 3 N–H and O–H groups in total. The van der Waals surface area contributed by atoms with Crippen molar-refractivity contribution in [1.29, 1.82) is 0 Å². The summed E-state index contributed by atoms with van der Waals surface area (Å²) in [7, 11) is 4.50. The number of ether oxygens (including phenoxy) is 4. The van der Waals surface area contributed by atoms with Crippen LogP contribution in [0.5, 0.6) is 5.75 Å². The summed E-state index contributed by atoms with van der Waals surface area (Å²) in [6.45, 7) is 3.56. The number of para-hydroxylation sites is 1. The van der Waals surface area contributed by atoms with Gasteiger partial charge in [0.2, 0.25) is 12.5 Å². The summed E-state index contributed by atoms with van der Waals surface area (Å²) in [4.78, 5) is 52.6. The SMILES string of the molecule is CC[C@]12C=CCN3CC[C@@]4(c5cc([C@@]6(C(=O)OCF)C[C@H]7CN(CCc8c6[nH]c6ccccc86)C[C@](O)(CCF)C7)c(OC)cc5N(C)[C@H]4[C@@](O)(C(=O)OC)[C@@H]1OC(C)=O)[C@@H]32. The Labute approximate surface area is 353 Å². The number of halogens is 2. The van der Waals surface area contributed by atoms with Crippen LogP contribution in [0.4, 0.5) is 14.5 Å². The minimum atomic E-state index is -2.38. The predicted octanol–water partition coefficient (Wildman–Crippen LogP) is 4.24. The molecule has 2 bridgehead atoms. The second-order valence-electron chi connectivity index (χ2n) is 18.3. The second kappa shape index (κ2) is 14.8. The molecule has 6 heterocycles. The fourth-order valence-corrected chi connectivity index (χ4v) is 13.6. The average molecular weight is 847 g/mol. The number of H-pyrrole nitrogens is 1. The van der Waals surface area contributed by atoms with Gasteiger partial charge in [-0.25, -0.2) is 9.18 Å². The molecule has 0 radical (unpaired) electrons. The topological polar surface area (TPSA) is 154 Å². The van der Waals surface area contributed by atoms with Crippen LogP contribution < -0.4 is 9.64 Å². The largest absolute Gasteiger partial charge is 0.496 e. The number of piperidine rings is 1. The Hall–Kier alpha value is -4.57. The number of anilines is 1. The van der Waals surface area contributed by atoms with E-state index in [2.05, 4.69) is 14.8 Å². The van der Waals surface area contributed by atoms with Crippen LogP contribution in [0.15, 0.2) is 48.6 Å². The number of fused-ring (bicyclic) bond motifs is 6. The smallest absolute Gasteiger partial charge is 0.344 e. The molecule has 1 aromatic heterocycles. The first-order chi connectivity index (χ1) is 29.2. The van der Waals surface area contributed by atoms with Crippen LogP contribution in [-0.4, -0.2) is 140 Å². The molecule has 13 nitrogen and oxygen atoms in total. The van der Waals surface area contributed by atoms with Gasteiger partial charge in [0.15, 0.2) is 6.10 Å². The van der Waals surface area contributed by atoms with E-state index < -0.39 is 77.1 Å². The van der Waals surface area contributed by atoms with E-state index in [1.807, 2.05) is 60.4 Å². The molecule has 1 aliphatic carbocycles. The number of carbonyl (C=O) groups excluding carboxylic acids is 3. The maximum atomic E-state index is 15.3. The second-order valence-corrected chi connectivity index (χ2v) is 18.3.